The highest BCUT2D eigenvalue weighted by Gasteiger charge is 2.21. The lowest BCUT2D eigenvalue weighted by molar-refractivity contribution is 0.0525. The molecule has 7 heteroatoms. The highest BCUT2D eigenvalue weighted by atomic mass is 16.5. The Labute approximate surface area is 184 Å². The topological polar surface area (TPSA) is 76.5 Å². The van der Waals surface area contributed by atoms with Gasteiger partial charge in [0.2, 0.25) is 0 Å². The average Bonchev–Trinajstić information content (AvgIpc) is 3.15. The molecule has 1 fully saturated rings. The maximum Gasteiger partial charge on any atom is 0.341 e. The molecule has 2 aromatic rings. The summed E-state index contributed by atoms with van der Waals surface area (Å²) in [6.07, 6.45) is 5.68. The van der Waals surface area contributed by atoms with Crippen molar-refractivity contribution in [2.24, 2.45) is 0 Å². The van der Waals surface area contributed by atoms with Crippen LogP contribution in [0.2, 0.25) is 0 Å². The van der Waals surface area contributed by atoms with Crippen molar-refractivity contribution in [1.29, 1.82) is 0 Å². The van der Waals surface area contributed by atoms with Crippen LogP contribution in [0.15, 0.2) is 42.1 Å². The number of hydrogen-bond acceptors (Lipinski definition) is 5. The zero-order valence-corrected chi connectivity index (χ0v) is 18.9. The number of carbonyl (C=O) groups excluding carboxylic acids is 2. The van der Waals surface area contributed by atoms with E-state index in [1.165, 1.54) is 11.8 Å². The quantitative estimate of drug-likeness (QED) is 0.544. The van der Waals surface area contributed by atoms with Gasteiger partial charge in [0.1, 0.15) is 5.56 Å². The predicted molar refractivity (Wildman–Crippen MR) is 121 cm³/mol. The lowest BCUT2D eigenvalue weighted by Crippen LogP contribution is -2.44. The van der Waals surface area contributed by atoms with Crippen LogP contribution < -0.4 is 5.32 Å². The molecule has 0 atom stereocenters. The highest BCUT2D eigenvalue weighted by molar-refractivity contribution is 5.94. The Kier molecular flexibility index (Phi) is 7.63. The normalized spacial score (nSPS) is 14.8. The molecule has 0 aliphatic carbocycles. The van der Waals surface area contributed by atoms with Crippen LogP contribution >= 0.6 is 0 Å². The van der Waals surface area contributed by atoms with Crippen molar-refractivity contribution in [2.75, 3.05) is 26.2 Å². The summed E-state index contributed by atoms with van der Waals surface area (Å²) in [4.78, 5) is 27.1. The monoisotopic (exact) mass is 424 g/mol. The van der Waals surface area contributed by atoms with Crippen molar-refractivity contribution < 1.29 is 14.3 Å². The lowest BCUT2D eigenvalue weighted by atomic mass is 10.0. The van der Waals surface area contributed by atoms with Crippen molar-refractivity contribution >= 4 is 11.9 Å². The number of carbonyl (C=O) groups is 2. The molecule has 2 heterocycles. The Hall–Kier alpha value is -2.93. The first-order valence-corrected chi connectivity index (χ1v) is 10.9. The summed E-state index contributed by atoms with van der Waals surface area (Å²) in [5, 5.41) is 7.46. The Morgan fingerprint density at radius 2 is 1.87 bits per heavy atom. The van der Waals surface area contributed by atoms with Gasteiger partial charge in [0, 0.05) is 31.2 Å². The molecule has 0 bridgehead atoms. The molecule has 1 saturated heterocycles. The van der Waals surface area contributed by atoms with Crippen LogP contribution in [0.25, 0.3) is 5.69 Å². The van der Waals surface area contributed by atoms with Gasteiger partial charge in [0.15, 0.2) is 0 Å². The fourth-order valence-corrected chi connectivity index (χ4v) is 3.67. The number of nitrogens with one attached hydrogen (secondary N) is 1. The van der Waals surface area contributed by atoms with Crippen molar-refractivity contribution in [1.82, 2.24) is 20.0 Å². The van der Waals surface area contributed by atoms with Gasteiger partial charge in [-0.25, -0.2) is 9.48 Å². The van der Waals surface area contributed by atoms with E-state index < -0.39 is 0 Å². The van der Waals surface area contributed by atoms with E-state index in [9.17, 15) is 9.59 Å². The van der Waals surface area contributed by atoms with Crippen LogP contribution in [0.5, 0.6) is 0 Å². The summed E-state index contributed by atoms with van der Waals surface area (Å²) >= 11 is 0. The molecular weight excluding hydrogens is 392 g/mol. The van der Waals surface area contributed by atoms with E-state index in [-0.39, 0.29) is 17.9 Å². The molecule has 7 nitrogen and oxygen atoms in total. The number of allylic oxidation sites excluding steroid dienone is 1. The number of likely N-dealkylation sites (tertiary alicyclic amines) is 1. The Bertz CT molecular complexity index is 934. The molecule has 1 aromatic carbocycles. The van der Waals surface area contributed by atoms with Crippen LogP contribution in [0.3, 0.4) is 0 Å². The first-order chi connectivity index (χ1) is 14.9. The molecule has 0 radical (unpaired) electrons. The first-order valence-electron chi connectivity index (χ1n) is 10.9. The second-order valence-corrected chi connectivity index (χ2v) is 8.15. The van der Waals surface area contributed by atoms with Gasteiger partial charge in [-0.15, -0.1) is 0 Å². The number of ether oxygens (including phenoxy) is 1. The maximum absolute atomic E-state index is 12.7. The molecule has 31 heavy (non-hydrogen) atoms. The minimum Gasteiger partial charge on any atom is -0.462 e. The second kappa shape index (κ2) is 10.4. The van der Waals surface area contributed by atoms with Gasteiger partial charge >= 0.3 is 5.97 Å². The SMILES string of the molecule is CCOC(=O)c1cnn(-c2ccc(C(=O)NC3CCN(CC=C(C)C)CC3)cc2)c1C. The summed E-state index contributed by atoms with van der Waals surface area (Å²) in [5.74, 6) is -0.437. The van der Waals surface area contributed by atoms with Gasteiger partial charge in [-0.3, -0.25) is 9.69 Å². The smallest absolute Gasteiger partial charge is 0.341 e. The molecular formula is C24H32N4O3. The van der Waals surface area contributed by atoms with E-state index in [4.69, 9.17) is 4.74 Å². The molecule has 166 valence electrons. The summed E-state index contributed by atoms with van der Waals surface area (Å²) < 4.78 is 6.74. The Morgan fingerprint density at radius 3 is 2.48 bits per heavy atom. The van der Waals surface area contributed by atoms with Gasteiger partial charge in [-0.2, -0.15) is 5.10 Å². The van der Waals surface area contributed by atoms with Gasteiger partial charge in [0.05, 0.1) is 24.2 Å². The predicted octanol–water partition coefficient (Wildman–Crippen LogP) is 3.52. The second-order valence-electron chi connectivity index (χ2n) is 8.15. The maximum atomic E-state index is 12.7. The van der Waals surface area contributed by atoms with E-state index >= 15 is 0 Å². The van der Waals surface area contributed by atoms with E-state index in [1.54, 1.807) is 23.7 Å². The third-order valence-electron chi connectivity index (χ3n) is 5.56. The highest BCUT2D eigenvalue weighted by Crippen LogP contribution is 2.17. The number of piperidine rings is 1. The minimum atomic E-state index is -0.380. The minimum absolute atomic E-state index is 0.0568. The third kappa shape index (κ3) is 5.82. The molecule has 0 unspecified atom stereocenters. The summed E-state index contributed by atoms with van der Waals surface area (Å²) in [6, 6.07) is 7.47. The number of esters is 1. The van der Waals surface area contributed by atoms with Crippen LogP contribution in [-0.2, 0) is 4.74 Å². The van der Waals surface area contributed by atoms with E-state index in [2.05, 4.69) is 35.2 Å². The van der Waals surface area contributed by atoms with E-state index in [0.717, 1.165) is 38.2 Å². The van der Waals surface area contributed by atoms with Crippen LogP contribution in [0.1, 0.15) is 60.0 Å². The lowest BCUT2D eigenvalue weighted by Gasteiger charge is -2.31. The van der Waals surface area contributed by atoms with Crippen LogP contribution in [0.4, 0.5) is 0 Å². The number of rotatable bonds is 7. The molecule has 1 aliphatic rings. The molecule has 1 aromatic heterocycles. The number of aromatic nitrogens is 2. The van der Waals surface area contributed by atoms with Gasteiger partial charge in [-0.05, 0) is 64.8 Å². The van der Waals surface area contributed by atoms with Gasteiger partial charge < -0.3 is 10.1 Å². The van der Waals surface area contributed by atoms with Crippen LogP contribution in [0, 0.1) is 6.92 Å². The fourth-order valence-electron chi connectivity index (χ4n) is 3.67. The van der Waals surface area contributed by atoms with Crippen molar-refractivity contribution in [3.8, 4) is 5.69 Å². The van der Waals surface area contributed by atoms with Crippen molar-refractivity contribution in [2.45, 2.75) is 46.6 Å². The van der Waals surface area contributed by atoms with Crippen molar-refractivity contribution in [3.05, 3.63) is 58.9 Å². The fraction of sp³-hybridized carbons (Fsp3) is 0.458. The molecule has 3 rings (SSSR count). The van der Waals surface area contributed by atoms with Gasteiger partial charge in [0.25, 0.3) is 5.91 Å². The van der Waals surface area contributed by atoms with E-state index in [0.29, 0.717) is 23.4 Å². The molecule has 1 aliphatic heterocycles. The standard InChI is InChI=1S/C24H32N4O3/c1-5-31-24(30)22-16-25-28(18(22)4)21-8-6-19(7-9-21)23(29)26-20-11-14-27(15-12-20)13-10-17(2)3/h6-10,16,20H,5,11-15H2,1-4H3,(H,26,29). The van der Waals surface area contributed by atoms with E-state index in [1.807, 2.05) is 19.1 Å². The molecule has 1 amide bonds. The number of amides is 1. The zero-order chi connectivity index (χ0) is 22.4. The zero-order valence-electron chi connectivity index (χ0n) is 18.9. The first kappa shape index (κ1) is 22.7. The van der Waals surface area contributed by atoms with Crippen LogP contribution in [-0.4, -0.2) is 58.8 Å². The molecule has 0 saturated carbocycles. The summed E-state index contributed by atoms with van der Waals surface area (Å²) in [6.45, 7) is 11.1. The Balaban J connectivity index is 1.58. The van der Waals surface area contributed by atoms with Gasteiger partial charge in [-0.1, -0.05) is 11.6 Å². The molecule has 0 spiro atoms. The summed E-state index contributed by atoms with van der Waals surface area (Å²) in [5.41, 5.74) is 3.89. The Morgan fingerprint density at radius 1 is 1.19 bits per heavy atom. The number of benzene rings is 1. The average molecular weight is 425 g/mol. The number of nitrogens with zero attached hydrogens (tertiary/aromatic N) is 3. The largest absolute Gasteiger partial charge is 0.462 e. The number of hydrogen-bond donors (Lipinski definition) is 1. The van der Waals surface area contributed by atoms with Crippen molar-refractivity contribution in [3.63, 3.8) is 0 Å². The third-order valence-corrected chi connectivity index (χ3v) is 5.56. The molecule has 1 N–H and O–H groups in total. The summed E-state index contributed by atoms with van der Waals surface area (Å²) in [7, 11) is 0.